The van der Waals surface area contributed by atoms with Gasteiger partial charge in [0.2, 0.25) is 0 Å². The number of aliphatic hydroxyl groups is 1. The summed E-state index contributed by atoms with van der Waals surface area (Å²) >= 11 is 0. The Balaban J connectivity index is 1.42. The first-order valence-corrected chi connectivity index (χ1v) is 20.0. The molecule has 0 amide bonds. The highest BCUT2D eigenvalue weighted by molar-refractivity contribution is 6.43. The number of carbonyl (C=O) groups excluding carboxylic acids is 2. The predicted octanol–water partition coefficient (Wildman–Crippen LogP) is 6.77. The van der Waals surface area contributed by atoms with E-state index in [-0.39, 0.29) is 30.4 Å². The van der Waals surface area contributed by atoms with Gasteiger partial charge in [0.25, 0.3) is 0 Å². The number of esters is 2. The molecule has 3 fully saturated rings. The molecule has 0 radical (unpaired) electrons. The smallest absolute Gasteiger partial charge is 0.361 e. The zero-order valence-electron chi connectivity index (χ0n) is 33.9. The van der Waals surface area contributed by atoms with E-state index >= 15 is 0 Å². The summed E-state index contributed by atoms with van der Waals surface area (Å²) in [6.45, 7) is 12.3. The maximum absolute atomic E-state index is 14.4. The van der Waals surface area contributed by atoms with E-state index in [4.69, 9.17) is 33.4 Å². The van der Waals surface area contributed by atoms with Gasteiger partial charge in [0.05, 0.1) is 18.8 Å². The standard InChI is InChI=1S/C44H58N2O10/c1-9-26(2)39-29(5)20-21-43(56-39)24-34-23-33(55-43)19-18-28(4)38(54-42(48)37(46-51-8)31-15-11-10-12-16-31)27(3)14-13-17-32-25-52-40-36(45-50-7)30(6)22-35(41(47)53-34)44(32,40)49/h10-18,22,26-27,29,33-35,38-40,49H,9,19-21,23-25H2,1-8H3/b14-13+,28-18+,32-17+,45-36+,46-37-/t26?,27-,29-,33+,34-,35-,38-,39+,40+,43?,44+/m0/s1. The van der Waals surface area contributed by atoms with Crippen molar-refractivity contribution in [2.24, 2.45) is 34.0 Å². The largest absolute Gasteiger partial charge is 0.462 e. The molecule has 5 aliphatic rings. The minimum Gasteiger partial charge on any atom is -0.462 e. The predicted molar refractivity (Wildman–Crippen MR) is 210 cm³/mol. The van der Waals surface area contributed by atoms with E-state index in [9.17, 15) is 14.7 Å². The van der Waals surface area contributed by atoms with Gasteiger partial charge >= 0.3 is 11.9 Å². The van der Waals surface area contributed by atoms with Crippen LogP contribution in [0.15, 0.2) is 87.7 Å². The summed E-state index contributed by atoms with van der Waals surface area (Å²) in [5.41, 5.74) is 1.15. The lowest BCUT2D eigenvalue weighted by atomic mass is 9.71. The maximum atomic E-state index is 14.4. The van der Waals surface area contributed by atoms with Crippen molar-refractivity contribution in [2.75, 3.05) is 20.8 Å². The lowest BCUT2D eigenvalue weighted by molar-refractivity contribution is -0.340. The van der Waals surface area contributed by atoms with Gasteiger partial charge in [0.1, 0.15) is 49.8 Å². The summed E-state index contributed by atoms with van der Waals surface area (Å²) in [5.74, 6) is -2.91. The number of allylic oxidation sites excluding steroid dienone is 2. The first-order chi connectivity index (χ1) is 26.8. The second kappa shape index (κ2) is 17.6. The summed E-state index contributed by atoms with van der Waals surface area (Å²) in [6, 6.07) is 9.03. The Hall–Kier alpha value is -4.10. The van der Waals surface area contributed by atoms with Crippen molar-refractivity contribution in [3.8, 4) is 0 Å². The van der Waals surface area contributed by atoms with Gasteiger partial charge in [0, 0.05) is 30.7 Å². The van der Waals surface area contributed by atoms with Crippen molar-refractivity contribution in [3.05, 3.63) is 83.0 Å². The summed E-state index contributed by atoms with van der Waals surface area (Å²) in [5, 5.41) is 20.9. The molecule has 1 aliphatic carbocycles. The van der Waals surface area contributed by atoms with Crippen LogP contribution >= 0.6 is 0 Å². The van der Waals surface area contributed by atoms with E-state index in [1.165, 1.54) is 14.2 Å². The van der Waals surface area contributed by atoms with Gasteiger partial charge in [-0.15, -0.1) is 0 Å². The molecule has 56 heavy (non-hydrogen) atoms. The molecule has 4 heterocycles. The summed E-state index contributed by atoms with van der Waals surface area (Å²) in [7, 11) is 2.82. The highest BCUT2D eigenvalue weighted by atomic mass is 16.7. The average molecular weight is 775 g/mol. The monoisotopic (exact) mass is 774 g/mol. The third kappa shape index (κ3) is 8.44. The molecule has 1 aromatic carbocycles. The molecule has 1 N–H and O–H groups in total. The fraction of sp³-hybridized carbons (Fsp3) is 0.591. The van der Waals surface area contributed by atoms with Crippen molar-refractivity contribution in [1.29, 1.82) is 0 Å². The molecule has 4 aliphatic heterocycles. The van der Waals surface area contributed by atoms with Gasteiger partial charge in [-0.2, -0.15) is 0 Å². The summed E-state index contributed by atoms with van der Waals surface area (Å²) in [6.07, 6.45) is 10.3. The van der Waals surface area contributed by atoms with E-state index < -0.39 is 47.6 Å². The molecule has 12 nitrogen and oxygen atoms in total. The Labute approximate surface area is 330 Å². The Morgan fingerprint density at radius 1 is 1.09 bits per heavy atom. The van der Waals surface area contributed by atoms with Crippen molar-refractivity contribution >= 4 is 23.4 Å². The molecule has 1 spiro atoms. The molecule has 6 rings (SSSR count). The third-order valence-electron chi connectivity index (χ3n) is 12.1. The van der Waals surface area contributed by atoms with E-state index in [0.717, 1.165) is 18.4 Å². The van der Waals surface area contributed by atoms with Crippen LogP contribution in [0.3, 0.4) is 0 Å². The van der Waals surface area contributed by atoms with Crippen molar-refractivity contribution in [1.82, 2.24) is 0 Å². The van der Waals surface area contributed by atoms with E-state index in [0.29, 0.717) is 59.9 Å². The van der Waals surface area contributed by atoms with E-state index in [1.54, 1.807) is 30.4 Å². The van der Waals surface area contributed by atoms with Gasteiger partial charge in [-0.25, -0.2) is 4.79 Å². The lowest BCUT2D eigenvalue weighted by Gasteiger charge is -2.51. The van der Waals surface area contributed by atoms with Gasteiger partial charge in [-0.1, -0.05) is 105 Å². The topological polar surface area (TPSA) is 144 Å². The minimum absolute atomic E-state index is 0.0183. The van der Waals surface area contributed by atoms with Gasteiger partial charge < -0.3 is 38.5 Å². The number of nitrogens with zero attached hydrogens (tertiary/aromatic N) is 2. The van der Waals surface area contributed by atoms with Gasteiger partial charge in [-0.05, 0) is 55.2 Å². The fourth-order valence-electron chi connectivity index (χ4n) is 8.89. The molecule has 0 saturated carbocycles. The number of carbonyl (C=O) groups is 2. The van der Waals surface area contributed by atoms with Crippen LogP contribution in [-0.2, 0) is 42.9 Å². The van der Waals surface area contributed by atoms with Gasteiger partial charge in [-0.3, -0.25) is 4.79 Å². The van der Waals surface area contributed by atoms with E-state index in [2.05, 4.69) is 31.1 Å². The Morgan fingerprint density at radius 2 is 1.86 bits per heavy atom. The van der Waals surface area contributed by atoms with Crippen LogP contribution in [0.4, 0.5) is 0 Å². The number of hydrogen-bond donors (Lipinski definition) is 1. The number of fused-ring (bicyclic) bond motifs is 2. The normalized spacial score (nSPS) is 38.9. The number of hydrogen-bond acceptors (Lipinski definition) is 12. The molecule has 11 atom stereocenters. The van der Waals surface area contributed by atoms with Crippen molar-refractivity contribution < 1.29 is 48.1 Å². The molecule has 304 valence electrons. The molecular formula is C44H58N2O10. The summed E-state index contributed by atoms with van der Waals surface area (Å²) < 4.78 is 32.7. The Bertz CT molecular complexity index is 1780. The number of ether oxygens (including phenoxy) is 5. The van der Waals surface area contributed by atoms with E-state index in [1.807, 2.05) is 51.1 Å². The number of oxime groups is 2. The average Bonchev–Trinajstić information content (AvgIpc) is 3.52. The van der Waals surface area contributed by atoms with Crippen molar-refractivity contribution in [3.63, 3.8) is 0 Å². The number of benzene rings is 1. The highest BCUT2D eigenvalue weighted by Gasteiger charge is 2.60. The first-order valence-electron chi connectivity index (χ1n) is 20.0. The zero-order valence-corrected chi connectivity index (χ0v) is 33.9. The molecule has 12 heteroatoms. The Kier molecular flexibility index (Phi) is 13.0. The van der Waals surface area contributed by atoms with Crippen LogP contribution in [0.25, 0.3) is 0 Å². The van der Waals surface area contributed by atoms with Crippen LogP contribution in [0.1, 0.15) is 85.6 Å². The second-order valence-corrected chi connectivity index (χ2v) is 16.1. The molecular weight excluding hydrogens is 716 g/mol. The second-order valence-electron chi connectivity index (χ2n) is 16.1. The molecule has 2 unspecified atom stereocenters. The molecule has 0 aromatic heterocycles. The third-order valence-corrected chi connectivity index (χ3v) is 12.1. The van der Waals surface area contributed by atoms with Crippen LogP contribution in [0.2, 0.25) is 0 Å². The number of rotatable bonds is 7. The van der Waals surface area contributed by atoms with Crippen LogP contribution in [0.5, 0.6) is 0 Å². The van der Waals surface area contributed by atoms with Crippen LogP contribution < -0.4 is 0 Å². The SMILES string of the molecule is CCC(C)[C@H]1OC2(CC[C@@H]1C)C[C@@H]1C[C@@H](C/C=C(\C)[C@@H](OC(=O)/C(=N\OC)c3ccccc3)[C@@H](C)/C=C/C=C3\CO[C@@H]4/C(=N/OC)C(C)=C[C@@H](C(=O)O1)[C@]34O)O2. The summed E-state index contributed by atoms with van der Waals surface area (Å²) in [4.78, 5) is 38.5. The molecule has 1 aromatic rings. The first kappa shape index (κ1) is 41.5. The quantitative estimate of drug-likeness (QED) is 0.136. The molecule has 3 saturated heterocycles. The lowest BCUT2D eigenvalue weighted by Crippen LogP contribution is -2.57. The Morgan fingerprint density at radius 3 is 2.57 bits per heavy atom. The van der Waals surface area contributed by atoms with Crippen LogP contribution in [-0.4, -0.2) is 91.2 Å². The molecule has 2 bridgehead atoms. The zero-order chi connectivity index (χ0) is 40.2. The maximum Gasteiger partial charge on any atom is 0.361 e. The van der Waals surface area contributed by atoms with Crippen molar-refractivity contribution in [2.45, 2.75) is 122 Å². The minimum atomic E-state index is -1.80. The highest BCUT2D eigenvalue weighted by Crippen LogP contribution is 2.47. The van der Waals surface area contributed by atoms with Gasteiger partial charge in [0.15, 0.2) is 11.5 Å². The van der Waals surface area contributed by atoms with Crippen LogP contribution in [0, 0.1) is 23.7 Å². The fourth-order valence-corrected chi connectivity index (χ4v) is 8.89.